The predicted molar refractivity (Wildman–Crippen MR) is 71.8 cm³/mol. The molecule has 0 aliphatic carbocycles. The van der Waals surface area contributed by atoms with Gasteiger partial charge in [-0.3, -0.25) is 4.79 Å². The lowest BCUT2D eigenvalue weighted by Gasteiger charge is -2.11. The number of benzene rings is 2. The summed E-state index contributed by atoms with van der Waals surface area (Å²) in [6, 6.07) is 12.4. The average molecular weight is 236 g/mol. The number of fused-ring (bicyclic) bond motifs is 5. The number of carbonyl (C=O) groups is 1. The molecular weight excluding hydrogens is 224 g/mol. The van der Waals surface area contributed by atoms with Crippen LogP contribution in [0.3, 0.4) is 0 Å². The lowest BCUT2D eigenvalue weighted by atomic mass is 10.0. The molecule has 0 radical (unpaired) electrons. The number of H-pyrrole nitrogens is 1. The molecule has 3 nitrogen and oxygen atoms in total. The van der Waals surface area contributed by atoms with E-state index in [1.807, 2.05) is 18.2 Å². The molecule has 0 atom stereocenters. The van der Waals surface area contributed by atoms with E-state index in [0.29, 0.717) is 0 Å². The van der Waals surface area contributed by atoms with Gasteiger partial charge in [0, 0.05) is 29.4 Å². The Bertz CT molecular complexity index is 786. The molecule has 0 spiro atoms. The van der Waals surface area contributed by atoms with E-state index in [9.17, 15) is 4.79 Å². The smallest absolute Gasteiger partial charge is 0.253 e. The van der Waals surface area contributed by atoms with Gasteiger partial charge in [-0.25, -0.2) is 0 Å². The lowest BCUT2D eigenvalue weighted by molar-refractivity contribution is 0.0947. The highest BCUT2D eigenvalue weighted by Crippen LogP contribution is 2.30. The third-order valence-corrected chi connectivity index (χ3v) is 3.66. The topological polar surface area (TPSA) is 44.9 Å². The van der Waals surface area contributed by atoms with Gasteiger partial charge < -0.3 is 10.3 Å². The highest BCUT2D eigenvalue weighted by atomic mass is 16.1. The summed E-state index contributed by atoms with van der Waals surface area (Å²) in [5, 5.41) is 6.31. The Balaban J connectivity index is 2.19. The van der Waals surface area contributed by atoms with Crippen LogP contribution in [0, 0.1) is 0 Å². The fourth-order valence-electron chi connectivity index (χ4n) is 2.83. The predicted octanol–water partition coefficient (Wildman–Crippen LogP) is 2.61. The molecule has 2 aromatic carbocycles. The molecule has 0 bridgehead atoms. The third-order valence-electron chi connectivity index (χ3n) is 3.66. The van der Waals surface area contributed by atoms with Gasteiger partial charge in [0.1, 0.15) is 0 Å². The van der Waals surface area contributed by atoms with Crippen molar-refractivity contribution in [1.82, 2.24) is 10.3 Å². The van der Waals surface area contributed by atoms with Crippen LogP contribution in [0.15, 0.2) is 36.4 Å². The zero-order valence-corrected chi connectivity index (χ0v) is 9.79. The van der Waals surface area contributed by atoms with E-state index in [4.69, 9.17) is 0 Å². The second-order valence-corrected chi connectivity index (χ2v) is 4.69. The molecule has 0 saturated carbocycles. The quantitative estimate of drug-likeness (QED) is 0.619. The molecule has 1 aromatic heterocycles. The number of aromatic amines is 1. The average Bonchev–Trinajstić information content (AvgIpc) is 2.79. The summed E-state index contributed by atoms with van der Waals surface area (Å²) in [7, 11) is 0. The summed E-state index contributed by atoms with van der Waals surface area (Å²) in [5.41, 5.74) is 2.96. The van der Waals surface area contributed by atoms with E-state index < -0.39 is 0 Å². The summed E-state index contributed by atoms with van der Waals surface area (Å²) < 4.78 is 0. The molecule has 3 heteroatoms. The van der Waals surface area contributed by atoms with E-state index in [-0.39, 0.29) is 5.91 Å². The molecule has 1 amide bonds. The molecule has 0 fully saturated rings. The summed E-state index contributed by atoms with van der Waals surface area (Å²) in [4.78, 5) is 15.4. The maximum Gasteiger partial charge on any atom is 0.253 e. The Morgan fingerprint density at radius 3 is 2.83 bits per heavy atom. The molecule has 3 aromatic rings. The molecule has 2 heterocycles. The van der Waals surface area contributed by atoms with Crippen molar-refractivity contribution in [2.75, 3.05) is 6.54 Å². The van der Waals surface area contributed by atoms with Gasteiger partial charge in [0.05, 0.1) is 11.1 Å². The number of hydrogen-bond acceptors (Lipinski definition) is 1. The number of nitrogens with one attached hydrogen (secondary N) is 2. The Labute approximate surface area is 104 Å². The fourth-order valence-corrected chi connectivity index (χ4v) is 2.83. The summed E-state index contributed by atoms with van der Waals surface area (Å²) in [6.45, 7) is 0.719. The minimum atomic E-state index is 0.0396. The monoisotopic (exact) mass is 236 g/mol. The van der Waals surface area contributed by atoms with Gasteiger partial charge in [0.15, 0.2) is 0 Å². The molecule has 2 N–H and O–H groups in total. The van der Waals surface area contributed by atoms with E-state index in [1.54, 1.807) is 0 Å². The van der Waals surface area contributed by atoms with Crippen LogP contribution in [0.4, 0.5) is 0 Å². The molecule has 1 aliphatic rings. The Morgan fingerprint density at radius 2 is 1.89 bits per heavy atom. The first kappa shape index (κ1) is 9.71. The van der Waals surface area contributed by atoms with Crippen LogP contribution in [0.2, 0.25) is 0 Å². The molecule has 0 unspecified atom stereocenters. The first-order valence-electron chi connectivity index (χ1n) is 6.15. The van der Waals surface area contributed by atoms with Gasteiger partial charge in [-0.2, -0.15) is 0 Å². The van der Waals surface area contributed by atoms with E-state index in [1.165, 1.54) is 10.8 Å². The van der Waals surface area contributed by atoms with Crippen molar-refractivity contribution in [2.24, 2.45) is 0 Å². The molecule has 4 rings (SSSR count). The Morgan fingerprint density at radius 1 is 1.00 bits per heavy atom. The van der Waals surface area contributed by atoms with Crippen LogP contribution in [-0.2, 0) is 6.42 Å². The number of carbonyl (C=O) groups excluding carboxylic acids is 1. The number of amides is 1. The van der Waals surface area contributed by atoms with Crippen LogP contribution in [0.5, 0.6) is 0 Å². The van der Waals surface area contributed by atoms with Crippen molar-refractivity contribution in [2.45, 2.75) is 6.42 Å². The number of aromatic nitrogens is 1. The highest BCUT2D eigenvalue weighted by Gasteiger charge is 2.22. The third kappa shape index (κ3) is 1.16. The van der Waals surface area contributed by atoms with Gasteiger partial charge in [-0.05, 0) is 5.39 Å². The second kappa shape index (κ2) is 3.35. The van der Waals surface area contributed by atoms with Gasteiger partial charge in [0.2, 0.25) is 0 Å². The SMILES string of the molecule is O=C1NCCc2[nH]c3c(ccc4ccccc43)c21. The van der Waals surface area contributed by atoms with Gasteiger partial charge in [0.25, 0.3) is 5.91 Å². The van der Waals surface area contributed by atoms with Crippen molar-refractivity contribution in [3.05, 3.63) is 47.7 Å². The van der Waals surface area contributed by atoms with Gasteiger partial charge in [-0.15, -0.1) is 0 Å². The fraction of sp³-hybridized carbons (Fsp3) is 0.133. The van der Waals surface area contributed by atoms with E-state index in [0.717, 1.165) is 35.1 Å². The van der Waals surface area contributed by atoms with Gasteiger partial charge in [-0.1, -0.05) is 36.4 Å². The van der Waals surface area contributed by atoms with Crippen molar-refractivity contribution >= 4 is 27.6 Å². The largest absolute Gasteiger partial charge is 0.357 e. The molecule has 0 saturated heterocycles. The molecule has 1 aliphatic heterocycles. The molecule has 18 heavy (non-hydrogen) atoms. The van der Waals surface area contributed by atoms with E-state index >= 15 is 0 Å². The highest BCUT2D eigenvalue weighted by molar-refractivity contribution is 6.15. The molecular formula is C15H12N2O. The first-order valence-corrected chi connectivity index (χ1v) is 6.15. The standard InChI is InChI=1S/C15H12N2O/c18-15-13-11-6-5-9-3-1-2-4-10(9)14(11)17-12(13)7-8-16-15/h1-6,17H,7-8H2,(H,16,18). The van der Waals surface area contributed by atoms with Crippen LogP contribution < -0.4 is 5.32 Å². The Hall–Kier alpha value is -2.29. The van der Waals surface area contributed by atoms with E-state index in [2.05, 4.69) is 28.5 Å². The summed E-state index contributed by atoms with van der Waals surface area (Å²) in [6.07, 6.45) is 0.879. The minimum Gasteiger partial charge on any atom is -0.357 e. The first-order chi connectivity index (χ1) is 8.84. The van der Waals surface area contributed by atoms with Crippen molar-refractivity contribution in [3.63, 3.8) is 0 Å². The van der Waals surface area contributed by atoms with Crippen LogP contribution in [0.1, 0.15) is 16.1 Å². The zero-order valence-electron chi connectivity index (χ0n) is 9.79. The second-order valence-electron chi connectivity index (χ2n) is 4.69. The summed E-state index contributed by atoms with van der Waals surface area (Å²) >= 11 is 0. The normalized spacial score (nSPS) is 14.8. The van der Waals surface area contributed by atoms with Crippen LogP contribution >= 0.6 is 0 Å². The summed E-state index contributed by atoms with van der Waals surface area (Å²) in [5.74, 6) is 0.0396. The number of rotatable bonds is 0. The van der Waals surface area contributed by atoms with Crippen molar-refractivity contribution in [1.29, 1.82) is 0 Å². The minimum absolute atomic E-state index is 0.0396. The maximum absolute atomic E-state index is 12.0. The van der Waals surface area contributed by atoms with Crippen molar-refractivity contribution < 1.29 is 4.79 Å². The van der Waals surface area contributed by atoms with Gasteiger partial charge >= 0.3 is 0 Å². The lowest BCUT2D eigenvalue weighted by Crippen LogP contribution is -2.31. The maximum atomic E-state index is 12.0. The van der Waals surface area contributed by atoms with Crippen molar-refractivity contribution in [3.8, 4) is 0 Å². The molecule has 88 valence electrons. The van der Waals surface area contributed by atoms with Crippen LogP contribution in [-0.4, -0.2) is 17.4 Å². The Kier molecular flexibility index (Phi) is 1.81. The number of hydrogen-bond donors (Lipinski definition) is 2. The zero-order chi connectivity index (χ0) is 12.1. The van der Waals surface area contributed by atoms with Crippen LogP contribution in [0.25, 0.3) is 21.7 Å².